The Balaban J connectivity index is 1.47. The highest BCUT2D eigenvalue weighted by Crippen LogP contribution is 2.16. The van der Waals surface area contributed by atoms with Crippen LogP contribution >= 0.6 is 0 Å². The van der Waals surface area contributed by atoms with Gasteiger partial charge in [-0.05, 0) is 24.3 Å². The van der Waals surface area contributed by atoms with Gasteiger partial charge in [0.2, 0.25) is 0 Å². The van der Waals surface area contributed by atoms with Crippen LogP contribution in [0.2, 0.25) is 0 Å². The van der Waals surface area contributed by atoms with E-state index in [2.05, 4.69) is 14.6 Å². The van der Waals surface area contributed by atoms with E-state index in [1.54, 1.807) is 30.5 Å². The highest BCUT2D eigenvalue weighted by atomic mass is 16.5. The highest BCUT2D eigenvalue weighted by molar-refractivity contribution is 6.05. The maximum Gasteiger partial charge on any atom is 0.313 e. The van der Waals surface area contributed by atoms with Crippen molar-refractivity contribution in [2.24, 2.45) is 7.05 Å². The third-order valence-electron chi connectivity index (χ3n) is 4.65. The van der Waals surface area contributed by atoms with E-state index in [9.17, 15) is 9.59 Å². The van der Waals surface area contributed by atoms with Crippen LogP contribution in [0.25, 0.3) is 0 Å². The van der Waals surface area contributed by atoms with Gasteiger partial charge in [0, 0.05) is 38.1 Å². The van der Waals surface area contributed by atoms with Crippen LogP contribution in [0.4, 0.5) is 0 Å². The summed E-state index contributed by atoms with van der Waals surface area (Å²) in [5.41, 5.74) is 0.452. The van der Waals surface area contributed by atoms with Crippen LogP contribution in [0.1, 0.15) is 22.6 Å². The Bertz CT molecular complexity index is 802. The average molecular weight is 387 g/mol. The second-order valence-corrected chi connectivity index (χ2v) is 6.69. The standard InChI is InChI=1S/C20H25N3O5/c1-22-8-7-21-19(22)13-23-9-10-27-17(12-23)14-28-16-5-3-15(4-6-16)18(24)11-20(25)26-2/h3-8,17H,9-14H2,1-2H3. The third-order valence-corrected chi connectivity index (χ3v) is 4.65. The topological polar surface area (TPSA) is 82.9 Å². The molecule has 1 unspecified atom stereocenters. The fourth-order valence-corrected chi connectivity index (χ4v) is 3.01. The molecule has 1 atom stereocenters. The minimum Gasteiger partial charge on any atom is -0.491 e. The first-order chi connectivity index (χ1) is 13.5. The number of esters is 1. The van der Waals surface area contributed by atoms with Crippen molar-refractivity contribution in [2.45, 2.75) is 19.1 Å². The van der Waals surface area contributed by atoms with Crippen molar-refractivity contribution in [2.75, 3.05) is 33.4 Å². The SMILES string of the molecule is COC(=O)CC(=O)c1ccc(OCC2CN(Cc3nccn3C)CCO2)cc1. The number of carbonyl (C=O) groups is 2. The normalized spacial score (nSPS) is 17.3. The maximum atomic E-state index is 11.9. The molecule has 28 heavy (non-hydrogen) atoms. The number of carbonyl (C=O) groups excluding carboxylic acids is 2. The first-order valence-electron chi connectivity index (χ1n) is 9.18. The lowest BCUT2D eigenvalue weighted by atomic mass is 10.1. The van der Waals surface area contributed by atoms with Crippen LogP contribution < -0.4 is 4.74 Å². The summed E-state index contributed by atoms with van der Waals surface area (Å²) >= 11 is 0. The summed E-state index contributed by atoms with van der Waals surface area (Å²) in [6.07, 6.45) is 3.44. The number of aryl methyl sites for hydroxylation is 1. The second-order valence-electron chi connectivity index (χ2n) is 6.69. The molecule has 0 N–H and O–H groups in total. The number of rotatable bonds is 8. The molecule has 8 heteroatoms. The fraction of sp³-hybridized carbons (Fsp3) is 0.450. The number of ether oxygens (including phenoxy) is 3. The van der Waals surface area contributed by atoms with Gasteiger partial charge in [0.05, 0.1) is 20.3 Å². The van der Waals surface area contributed by atoms with Crippen molar-refractivity contribution in [3.63, 3.8) is 0 Å². The average Bonchev–Trinajstić information content (AvgIpc) is 3.11. The molecule has 0 bridgehead atoms. The number of methoxy groups -OCH3 is 1. The molecule has 1 aliphatic rings. The maximum absolute atomic E-state index is 11.9. The number of morpholine rings is 1. The molecule has 0 saturated carbocycles. The zero-order chi connectivity index (χ0) is 19.9. The lowest BCUT2D eigenvalue weighted by Gasteiger charge is -2.32. The summed E-state index contributed by atoms with van der Waals surface area (Å²) in [5.74, 6) is 0.849. The molecule has 1 aliphatic heterocycles. The molecule has 0 amide bonds. The smallest absolute Gasteiger partial charge is 0.313 e. The molecule has 1 fully saturated rings. The summed E-state index contributed by atoms with van der Waals surface area (Å²) in [7, 11) is 3.25. The van der Waals surface area contributed by atoms with Gasteiger partial charge in [0.1, 0.15) is 30.7 Å². The predicted molar refractivity (Wildman–Crippen MR) is 101 cm³/mol. The van der Waals surface area contributed by atoms with Crippen LogP contribution in [0.5, 0.6) is 5.75 Å². The van der Waals surface area contributed by atoms with E-state index >= 15 is 0 Å². The molecule has 1 aromatic heterocycles. The molecule has 8 nitrogen and oxygen atoms in total. The van der Waals surface area contributed by atoms with Crippen LogP contribution in [-0.4, -0.2) is 65.7 Å². The van der Waals surface area contributed by atoms with Crippen molar-refractivity contribution in [1.82, 2.24) is 14.5 Å². The monoisotopic (exact) mass is 387 g/mol. The summed E-state index contributed by atoms with van der Waals surface area (Å²) in [6.45, 7) is 3.48. The first-order valence-corrected chi connectivity index (χ1v) is 9.18. The van der Waals surface area contributed by atoms with Crippen molar-refractivity contribution in [3.8, 4) is 5.75 Å². The minimum absolute atomic E-state index is 0.0327. The number of Topliss-reactive ketones (excluding diaryl/α,β-unsaturated/α-hetero) is 1. The second kappa shape index (κ2) is 9.48. The molecule has 2 aromatic rings. The third kappa shape index (κ3) is 5.40. The van der Waals surface area contributed by atoms with Gasteiger partial charge < -0.3 is 18.8 Å². The number of benzene rings is 1. The van der Waals surface area contributed by atoms with E-state index in [1.165, 1.54) is 7.11 Å². The van der Waals surface area contributed by atoms with E-state index in [0.29, 0.717) is 24.5 Å². The number of hydrogen-bond acceptors (Lipinski definition) is 7. The van der Waals surface area contributed by atoms with E-state index in [1.807, 2.05) is 17.8 Å². The van der Waals surface area contributed by atoms with Crippen LogP contribution in [0.3, 0.4) is 0 Å². The lowest BCUT2D eigenvalue weighted by Crippen LogP contribution is -2.44. The Hall–Kier alpha value is -2.71. The van der Waals surface area contributed by atoms with Crippen molar-refractivity contribution < 1.29 is 23.8 Å². The molecule has 150 valence electrons. The summed E-state index contributed by atoms with van der Waals surface area (Å²) in [4.78, 5) is 29.8. The van der Waals surface area contributed by atoms with Gasteiger partial charge in [-0.2, -0.15) is 0 Å². The summed E-state index contributed by atoms with van der Waals surface area (Å²) in [6, 6.07) is 6.74. The molecule has 0 spiro atoms. The molecular formula is C20H25N3O5. The van der Waals surface area contributed by atoms with Gasteiger partial charge in [-0.25, -0.2) is 4.98 Å². The molecule has 2 heterocycles. The molecule has 1 aromatic carbocycles. The number of nitrogens with zero attached hydrogens (tertiary/aromatic N) is 3. The van der Waals surface area contributed by atoms with Crippen LogP contribution in [0, 0.1) is 0 Å². The Kier molecular flexibility index (Phi) is 6.78. The molecule has 0 aliphatic carbocycles. The Morgan fingerprint density at radius 3 is 2.75 bits per heavy atom. The minimum atomic E-state index is -0.546. The zero-order valence-corrected chi connectivity index (χ0v) is 16.2. The first kappa shape index (κ1) is 20.0. The Morgan fingerprint density at radius 1 is 1.29 bits per heavy atom. The number of ketones is 1. The zero-order valence-electron chi connectivity index (χ0n) is 16.2. The van der Waals surface area contributed by atoms with E-state index in [-0.39, 0.29) is 18.3 Å². The van der Waals surface area contributed by atoms with Crippen molar-refractivity contribution >= 4 is 11.8 Å². The Labute approximate surface area is 164 Å². The largest absolute Gasteiger partial charge is 0.491 e. The predicted octanol–water partition coefficient (Wildman–Crippen LogP) is 1.45. The molecule has 0 radical (unpaired) electrons. The quantitative estimate of drug-likeness (QED) is 0.385. The Morgan fingerprint density at radius 2 is 2.07 bits per heavy atom. The highest BCUT2D eigenvalue weighted by Gasteiger charge is 2.22. The van der Waals surface area contributed by atoms with Crippen molar-refractivity contribution in [1.29, 1.82) is 0 Å². The van der Waals surface area contributed by atoms with E-state index < -0.39 is 5.97 Å². The lowest BCUT2D eigenvalue weighted by molar-refractivity contribution is -0.139. The summed E-state index contributed by atoms with van der Waals surface area (Å²) in [5, 5.41) is 0. The van der Waals surface area contributed by atoms with E-state index in [0.717, 1.165) is 25.5 Å². The number of aromatic nitrogens is 2. The fourth-order valence-electron chi connectivity index (χ4n) is 3.01. The molecule has 3 rings (SSSR count). The van der Waals surface area contributed by atoms with E-state index in [4.69, 9.17) is 9.47 Å². The van der Waals surface area contributed by atoms with Gasteiger partial charge in [0.25, 0.3) is 0 Å². The van der Waals surface area contributed by atoms with Gasteiger partial charge in [-0.3, -0.25) is 14.5 Å². The van der Waals surface area contributed by atoms with Crippen LogP contribution in [0.15, 0.2) is 36.7 Å². The van der Waals surface area contributed by atoms with Gasteiger partial charge >= 0.3 is 5.97 Å². The van der Waals surface area contributed by atoms with Crippen molar-refractivity contribution in [3.05, 3.63) is 48.0 Å². The van der Waals surface area contributed by atoms with Gasteiger partial charge in [0.15, 0.2) is 5.78 Å². The van der Waals surface area contributed by atoms with Crippen LogP contribution in [-0.2, 0) is 27.9 Å². The number of hydrogen-bond donors (Lipinski definition) is 0. The molecular weight excluding hydrogens is 362 g/mol. The van der Waals surface area contributed by atoms with Gasteiger partial charge in [-0.15, -0.1) is 0 Å². The molecule has 1 saturated heterocycles. The van der Waals surface area contributed by atoms with Gasteiger partial charge in [-0.1, -0.05) is 0 Å². The number of imidazole rings is 1. The summed E-state index contributed by atoms with van der Waals surface area (Å²) < 4.78 is 18.1.